The van der Waals surface area contributed by atoms with Crippen molar-refractivity contribution in [2.45, 2.75) is 19.8 Å². The molecule has 0 fully saturated rings. The molecular weight excluding hydrogens is 290 g/mol. The Labute approximate surface area is 116 Å². The summed E-state index contributed by atoms with van der Waals surface area (Å²) in [4.78, 5) is 4.47. The first-order valence-corrected chi connectivity index (χ1v) is 6.72. The fourth-order valence-corrected chi connectivity index (χ4v) is 2.22. The smallest absolute Gasteiger partial charge is 0.213 e. The van der Waals surface area contributed by atoms with Crippen LogP contribution in [0, 0.1) is 0 Å². The molecule has 3 heteroatoms. The number of hydrogen-bond acceptors (Lipinski definition) is 2. The summed E-state index contributed by atoms with van der Waals surface area (Å²) in [6.45, 7) is 4.38. The van der Waals surface area contributed by atoms with Gasteiger partial charge >= 0.3 is 0 Å². The van der Waals surface area contributed by atoms with E-state index < -0.39 is 0 Å². The van der Waals surface area contributed by atoms with Crippen LogP contribution < -0.4 is 4.74 Å². The zero-order valence-corrected chi connectivity index (χ0v) is 12.4. The molecule has 0 saturated heterocycles. The number of hydrogen-bond donors (Lipinski definition) is 0. The Morgan fingerprint density at radius 2 is 1.72 bits per heavy atom. The number of benzene rings is 1. The van der Waals surface area contributed by atoms with Crippen molar-refractivity contribution in [1.82, 2.24) is 4.98 Å². The molecule has 0 atom stereocenters. The van der Waals surface area contributed by atoms with E-state index in [1.807, 2.05) is 12.1 Å². The van der Waals surface area contributed by atoms with Crippen molar-refractivity contribution in [1.29, 1.82) is 0 Å². The average Bonchev–Trinajstić information content (AvgIpc) is 2.39. The van der Waals surface area contributed by atoms with Gasteiger partial charge in [0, 0.05) is 16.1 Å². The van der Waals surface area contributed by atoms with Gasteiger partial charge in [0.15, 0.2) is 0 Å². The van der Waals surface area contributed by atoms with Crippen LogP contribution in [-0.2, 0) is 0 Å². The van der Waals surface area contributed by atoms with Gasteiger partial charge in [0.1, 0.15) is 0 Å². The number of halogens is 1. The Balaban J connectivity index is 2.41. The average molecular weight is 306 g/mol. The Bertz CT molecular complexity index is 535. The van der Waals surface area contributed by atoms with Gasteiger partial charge in [0.05, 0.1) is 12.8 Å². The standard InChI is InChI=1S/C15H16BrNO/c1-10(2)11-4-6-12(7-5-11)15-13(16)8-9-14(17-15)18-3/h4-10H,1-3H3. The second-order valence-corrected chi connectivity index (χ2v) is 5.32. The minimum Gasteiger partial charge on any atom is -0.481 e. The SMILES string of the molecule is COc1ccc(Br)c(-c2ccc(C(C)C)cc2)n1. The maximum absolute atomic E-state index is 5.16. The van der Waals surface area contributed by atoms with Crippen LogP contribution in [0.1, 0.15) is 25.3 Å². The lowest BCUT2D eigenvalue weighted by Crippen LogP contribution is -1.92. The van der Waals surface area contributed by atoms with Crippen LogP contribution in [0.15, 0.2) is 40.9 Å². The summed E-state index contributed by atoms with van der Waals surface area (Å²) in [7, 11) is 1.63. The fourth-order valence-electron chi connectivity index (χ4n) is 1.77. The van der Waals surface area contributed by atoms with Gasteiger partial charge in [0.2, 0.25) is 5.88 Å². The van der Waals surface area contributed by atoms with Gasteiger partial charge in [0.25, 0.3) is 0 Å². The first-order chi connectivity index (χ1) is 8.61. The molecule has 1 aromatic carbocycles. The van der Waals surface area contributed by atoms with E-state index in [9.17, 15) is 0 Å². The quantitative estimate of drug-likeness (QED) is 0.824. The van der Waals surface area contributed by atoms with E-state index in [1.54, 1.807) is 7.11 Å². The van der Waals surface area contributed by atoms with Gasteiger partial charge in [-0.15, -0.1) is 0 Å². The topological polar surface area (TPSA) is 22.1 Å². The Morgan fingerprint density at radius 3 is 2.28 bits per heavy atom. The number of aromatic nitrogens is 1. The second kappa shape index (κ2) is 5.53. The summed E-state index contributed by atoms with van der Waals surface area (Å²) in [6, 6.07) is 12.3. The molecule has 0 N–H and O–H groups in total. The molecule has 2 nitrogen and oxygen atoms in total. The van der Waals surface area contributed by atoms with Crippen molar-refractivity contribution in [3.8, 4) is 17.1 Å². The zero-order chi connectivity index (χ0) is 13.1. The van der Waals surface area contributed by atoms with Crippen molar-refractivity contribution in [2.24, 2.45) is 0 Å². The molecule has 94 valence electrons. The molecule has 0 radical (unpaired) electrons. The molecule has 0 aliphatic rings. The number of ether oxygens (including phenoxy) is 1. The molecule has 1 aromatic heterocycles. The van der Waals surface area contributed by atoms with Crippen LogP contribution in [0.25, 0.3) is 11.3 Å². The van der Waals surface area contributed by atoms with Crippen LogP contribution in [0.4, 0.5) is 0 Å². The highest BCUT2D eigenvalue weighted by Crippen LogP contribution is 2.29. The lowest BCUT2D eigenvalue weighted by atomic mass is 10.0. The normalized spacial score (nSPS) is 10.7. The molecule has 0 bridgehead atoms. The van der Waals surface area contributed by atoms with E-state index in [4.69, 9.17) is 4.74 Å². The molecule has 0 aliphatic carbocycles. The number of methoxy groups -OCH3 is 1. The number of pyridine rings is 1. The third-order valence-electron chi connectivity index (χ3n) is 2.88. The molecule has 18 heavy (non-hydrogen) atoms. The lowest BCUT2D eigenvalue weighted by molar-refractivity contribution is 0.398. The fraction of sp³-hybridized carbons (Fsp3) is 0.267. The third-order valence-corrected chi connectivity index (χ3v) is 3.52. The van der Waals surface area contributed by atoms with Gasteiger partial charge in [-0.2, -0.15) is 0 Å². The summed E-state index contributed by atoms with van der Waals surface area (Å²) in [5.41, 5.74) is 3.33. The summed E-state index contributed by atoms with van der Waals surface area (Å²) in [5, 5.41) is 0. The van der Waals surface area contributed by atoms with E-state index in [-0.39, 0.29) is 0 Å². The molecule has 2 aromatic rings. The molecular formula is C15H16BrNO. The van der Waals surface area contributed by atoms with E-state index in [2.05, 4.69) is 59.0 Å². The molecule has 0 unspecified atom stereocenters. The van der Waals surface area contributed by atoms with Gasteiger partial charge in [-0.25, -0.2) is 4.98 Å². The molecule has 0 saturated carbocycles. The lowest BCUT2D eigenvalue weighted by Gasteiger charge is -2.09. The Morgan fingerprint density at radius 1 is 1.06 bits per heavy atom. The van der Waals surface area contributed by atoms with Gasteiger partial charge in [-0.05, 0) is 33.5 Å². The van der Waals surface area contributed by atoms with Crippen molar-refractivity contribution in [2.75, 3.05) is 7.11 Å². The van der Waals surface area contributed by atoms with E-state index in [0.717, 1.165) is 15.7 Å². The largest absolute Gasteiger partial charge is 0.481 e. The van der Waals surface area contributed by atoms with Crippen LogP contribution in [-0.4, -0.2) is 12.1 Å². The summed E-state index contributed by atoms with van der Waals surface area (Å²) < 4.78 is 6.13. The van der Waals surface area contributed by atoms with Crippen molar-refractivity contribution in [3.63, 3.8) is 0 Å². The van der Waals surface area contributed by atoms with E-state index >= 15 is 0 Å². The molecule has 1 heterocycles. The van der Waals surface area contributed by atoms with Crippen LogP contribution >= 0.6 is 15.9 Å². The zero-order valence-electron chi connectivity index (χ0n) is 10.8. The summed E-state index contributed by atoms with van der Waals surface area (Å²) in [6.07, 6.45) is 0. The van der Waals surface area contributed by atoms with Gasteiger partial charge in [-0.3, -0.25) is 0 Å². The minimum absolute atomic E-state index is 0.542. The van der Waals surface area contributed by atoms with E-state index in [1.165, 1.54) is 5.56 Å². The summed E-state index contributed by atoms with van der Waals surface area (Å²) in [5.74, 6) is 1.17. The van der Waals surface area contributed by atoms with Crippen molar-refractivity contribution < 1.29 is 4.74 Å². The molecule has 0 spiro atoms. The maximum Gasteiger partial charge on any atom is 0.213 e. The first-order valence-electron chi connectivity index (χ1n) is 5.92. The van der Waals surface area contributed by atoms with Gasteiger partial charge < -0.3 is 4.74 Å². The highest BCUT2D eigenvalue weighted by atomic mass is 79.9. The first kappa shape index (κ1) is 13.1. The highest BCUT2D eigenvalue weighted by Gasteiger charge is 2.07. The highest BCUT2D eigenvalue weighted by molar-refractivity contribution is 9.10. The van der Waals surface area contributed by atoms with Crippen LogP contribution in [0.5, 0.6) is 5.88 Å². The Hall–Kier alpha value is -1.35. The monoisotopic (exact) mass is 305 g/mol. The van der Waals surface area contributed by atoms with Gasteiger partial charge in [-0.1, -0.05) is 38.1 Å². The maximum atomic E-state index is 5.16. The minimum atomic E-state index is 0.542. The second-order valence-electron chi connectivity index (χ2n) is 4.46. The number of nitrogens with zero attached hydrogens (tertiary/aromatic N) is 1. The number of rotatable bonds is 3. The van der Waals surface area contributed by atoms with E-state index in [0.29, 0.717) is 11.8 Å². The molecule has 2 rings (SSSR count). The third kappa shape index (κ3) is 2.72. The molecule has 0 aliphatic heterocycles. The Kier molecular flexibility index (Phi) is 4.02. The molecule has 0 amide bonds. The van der Waals surface area contributed by atoms with Crippen LogP contribution in [0.2, 0.25) is 0 Å². The predicted molar refractivity (Wildman–Crippen MR) is 78.0 cm³/mol. The predicted octanol–water partition coefficient (Wildman–Crippen LogP) is 4.64. The van der Waals surface area contributed by atoms with Crippen molar-refractivity contribution >= 4 is 15.9 Å². The summed E-state index contributed by atoms with van der Waals surface area (Å²) >= 11 is 3.53. The van der Waals surface area contributed by atoms with Crippen molar-refractivity contribution in [3.05, 3.63) is 46.4 Å². The van der Waals surface area contributed by atoms with Crippen LogP contribution in [0.3, 0.4) is 0 Å².